The number of benzene rings is 1. The predicted octanol–water partition coefficient (Wildman–Crippen LogP) is 1.89. The predicted molar refractivity (Wildman–Crippen MR) is 60.8 cm³/mol. The number of oxime groups is 1. The lowest BCUT2D eigenvalue weighted by Gasteiger charge is -2.10. The van der Waals surface area contributed by atoms with Gasteiger partial charge in [0.1, 0.15) is 6.10 Å². The molecule has 2 unspecified atom stereocenters. The molecule has 1 heterocycles. The van der Waals surface area contributed by atoms with Crippen LogP contribution in [0.15, 0.2) is 35.5 Å². The van der Waals surface area contributed by atoms with Crippen LogP contribution in [0.1, 0.15) is 24.8 Å². The van der Waals surface area contributed by atoms with Gasteiger partial charge < -0.3 is 10.6 Å². The third kappa shape index (κ3) is 2.18. The summed E-state index contributed by atoms with van der Waals surface area (Å²) < 4.78 is 0. The van der Waals surface area contributed by atoms with Crippen molar-refractivity contribution in [1.29, 1.82) is 0 Å². The topological polar surface area (TPSA) is 47.6 Å². The molecule has 80 valence electrons. The van der Waals surface area contributed by atoms with Crippen LogP contribution in [0.3, 0.4) is 0 Å². The Morgan fingerprint density at radius 1 is 1.47 bits per heavy atom. The summed E-state index contributed by atoms with van der Waals surface area (Å²) in [6, 6.07) is 10.3. The van der Waals surface area contributed by atoms with Gasteiger partial charge in [0, 0.05) is 18.9 Å². The molecule has 1 aromatic rings. The lowest BCUT2D eigenvalue weighted by atomic mass is 9.93. The SMILES string of the molecule is CC(C1=NOC(CN)C1)c1ccccc1. The van der Waals surface area contributed by atoms with E-state index in [0.717, 1.165) is 12.1 Å². The molecule has 0 saturated heterocycles. The summed E-state index contributed by atoms with van der Waals surface area (Å²) in [6.45, 7) is 2.69. The number of hydrogen-bond donors (Lipinski definition) is 1. The van der Waals surface area contributed by atoms with E-state index >= 15 is 0 Å². The van der Waals surface area contributed by atoms with Gasteiger partial charge in [-0.25, -0.2) is 0 Å². The van der Waals surface area contributed by atoms with E-state index in [2.05, 4.69) is 24.2 Å². The lowest BCUT2D eigenvalue weighted by Crippen LogP contribution is -2.21. The van der Waals surface area contributed by atoms with Gasteiger partial charge in [0.05, 0.1) is 5.71 Å². The Morgan fingerprint density at radius 3 is 2.80 bits per heavy atom. The summed E-state index contributed by atoms with van der Waals surface area (Å²) >= 11 is 0. The van der Waals surface area contributed by atoms with E-state index in [1.54, 1.807) is 0 Å². The molecule has 3 heteroatoms. The molecule has 0 amide bonds. The minimum atomic E-state index is 0.0752. The maximum absolute atomic E-state index is 5.54. The van der Waals surface area contributed by atoms with Crippen LogP contribution in [0.2, 0.25) is 0 Å². The second kappa shape index (κ2) is 4.45. The Hall–Kier alpha value is -1.35. The van der Waals surface area contributed by atoms with Crippen LogP contribution in [0.25, 0.3) is 0 Å². The lowest BCUT2D eigenvalue weighted by molar-refractivity contribution is 0.0918. The van der Waals surface area contributed by atoms with Crippen LogP contribution in [0.5, 0.6) is 0 Å². The average Bonchev–Trinajstić information content (AvgIpc) is 2.78. The molecular weight excluding hydrogens is 188 g/mol. The van der Waals surface area contributed by atoms with E-state index in [1.165, 1.54) is 5.56 Å². The van der Waals surface area contributed by atoms with Crippen molar-refractivity contribution >= 4 is 5.71 Å². The van der Waals surface area contributed by atoms with Gasteiger partial charge in [0.15, 0.2) is 0 Å². The highest BCUT2D eigenvalue weighted by molar-refractivity contribution is 5.91. The molecule has 0 bridgehead atoms. The summed E-state index contributed by atoms with van der Waals surface area (Å²) in [5.74, 6) is 0.322. The van der Waals surface area contributed by atoms with Crippen molar-refractivity contribution < 1.29 is 4.84 Å². The fraction of sp³-hybridized carbons (Fsp3) is 0.417. The molecule has 1 aromatic carbocycles. The van der Waals surface area contributed by atoms with E-state index in [0.29, 0.717) is 12.5 Å². The van der Waals surface area contributed by atoms with Crippen molar-refractivity contribution in [2.45, 2.75) is 25.4 Å². The van der Waals surface area contributed by atoms with Crippen molar-refractivity contribution in [2.75, 3.05) is 6.54 Å². The highest BCUT2D eigenvalue weighted by Gasteiger charge is 2.24. The third-order valence-electron chi connectivity index (χ3n) is 2.82. The minimum Gasteiger partial charge on any atom is -0.391 e. The second-order valence-electron chi connectivity index (χ2n) is 3.88. The second-order valence-corrected chi connectivity index (χ2v) is 3.88. The maximum atomic E-state index is 5.54. The largest absolute Gasteiger partial charge is 0.391 e. The van der Waals surface area contributed by atoms with E-state index in [1.807, 2.05) is 18.2 Å². The Morgan fingerprint density at radius 2 is 2.20 bits per heavy atom. The molecule has 2 N–H and O–H groups in total. The molecule has 2 atom stereocenters. The van der Waals surface area contributed by atoms with Crippen molar-refractivity contribution in [3.8, 4) is 0 Å². The van der Waals surface area contributed by atoms with Crippen LogP contribution in [-0.2, 0) is 4.84 Å². The quantitative estimate of drug-likeness (QED) is 0.817. The molecule has 0 aliphatic carbocycles. The standard InChI is InChI=1S/C12H16N2O/c1-9(10-5-3-2-4-6-10)12-7-11(8-13)15-14-12/h2-6,9,11H,7-8,13H2,1H3. The van der Waals surface area contributed by atoms with Crippen LogP contribution in [0, 0.1) is 0 Å². The van der Waals surface area contributed by atoms with Gasteiger partial charge in [-0.05, 0) is 5.56 Å². The van der Waals surface area contributed by atoms with E-state index in [9.17, 15) is 0 Å². The van der Waals surface area contributed by atoms with Gasteiger partial charge in [-0.3, -0.25) is 0 Å². The van der Waals surface area contributed by atoms with Crippen molar-refractivity contribution in [2.24, 2.45) is 10.9 Å². The Balaban J connectivity index is 2.07. The average molecular weight is 204 g/mol. The molecule has 0 spiro atoms. The summed E-state index contributed by atoms with van der Waals surface area (Å²) in [4.78, 5) is 5.22. The summed E-state index contributed by atoms with van der Waals surface area (Å²) in [6.07, 6.45) is 0.929. The van der Waals surface area contributed by atoms with Gasteiger partial charge in [-0.15, -0.1) is 0 Å². The molecule has 0 aromatic heterocycles. The van der Waals surface area contributed by atoms with E-state index in [4.69, 9.17) is 10.6 Å². The zero-order chi connectivity index (χ0) is 10.7. The molecule has 15 heavy (non-hydrogen) atoms. The first-order valence-corrected chi connectivity index (χ1v) is 5.29. The number of nitrogens with zero attached hydrogens (tertiary/aromatic N) is 1. The molecule has 0 radical (unpaired) electrons. The van der Waals surface area contributed by atoms with E-state index < -0.39 is 0 Å². The van der Waals surface area contributed by atoms with Gasteiger partial charge in [-0.2, -0.15) is 0 Å². The van der Waals surface area contributed by atoms with Crippen LogP contribution < -0.4 is 5.73 Å². The van der Waals surface area contributed by atoms with Crippen LogP contribution in [-0.4, -0.2) is 18.4 Å². The first-order valence-electron chi connectivity index (χ1n) is 5.29. The number of hydrogen-bond acceptors (Lipinski definition) is 3. The first-order chi connectivity index (χ1) is 7.31. The molecule has 2 rings (SSSR count). The highest BCUT2D eigenvalue weighted by atomic mass is 16.6. The fourth-order valence-corrected chi connectivity index (χ4v) is 1.77. The number of rotatable bonds is 3. The summed E-state index contributed by atoms with van der Waals surface area (Å²) in [5, 5.41) is 4.10. The molecular formula is C12H16N2O. The van der Waals surface area contributed by atoms with E-state index in [-0.39, 0.29) is 6.10 Å². The molecule has 0 saturated carbocycles. The molecule has 0 fully saturated rings. The third-order valence-corrected chi connectivity index (χ3v) is 2.82. The first kappa shape index (κ1) is 10.2. The Labute approximate surface area is 89.9 Å². The normalized spacial score (nSPS) is 22.0. The zero-order valence-corrected chi connectivity index (χ0v) is 8.89. The van der Waals surface area contributed by atoms with Gasteiger partial charge in [0.2, 0.25) is 0 Å². The zero-order valence-electron chi connectivity index (χ0n) is 8.89. The Kier molecular flexibility index (Phi) is 3.02. The highest BCUT2D eigenvalue weighted by Crippen LogP contribution is 2.23. The molecule has 1 aliphatic rings. The smallest absolute Gasteiger partial charge is 0.145 e. The van der Waals surface area contributed by atoms with Crippen LogP contribution in [0.4, 0.5) is 0 Å². The monoisotopic (exact) mass is 204 g/mol. The van der Waals surface area contributed by atoms with Crippen molar-refractivity contribution in [1.82, 2.24) is 0 Å². The minimum absolute atomic E-state index is 0.0752. The maximum Gasteiger partial charge on any atom is 0.145 e. The fourth-order valence-electron chi connectivity index (χ4n) is 1.77. The summed E-state index contributed by atoms with van der Waals surface area (Å²) in [7, 11) is 0. The van der Waals surface area contributed by atoms with Gasteiger partial charge in [-0.1, -0.05) is 42.4 Å². The summed E-state index contributed by atoms with van der Waals surface area (Å²) in [5.41, 5.74) is 7.91. The molecule has 3 nitrogen and oxygen atoms in total. The van der Waals surface area contributed by atoms with Crippen LogP contribution >= 0.6 is 0 Å². The number of nitrogens with two attached hydrogens (primary N) is 1. The van der Waals surface area contributed by atoms with Crippen molar-refractivity contribution in [3.05, 3.63) is 35.9 Å². The van der Waals surface area contributed by atoms with Gasteiger partial charge in [0.25, 0.3) is 0 Å². The molecule has 1 aliphatic heterocycles. The Bertz CT molecular complexity index is 348. The van der Waals surface area contributed by atoms with Crippen molar-refractivity contribution in [3.63, 3.8) is 0 Å². The van der Waals surface area contributed by atoms with Gasteiger partial charge >= 0.3 is 0 Å².